The zero-order valence-corrected chi connectivity index (χ0v) is 16.3. The van der Waals surface area contributed by atoms with Gasteiger partial charge in [0, 0.05) is 33.9 Å². The molecule has 1 aromatic heterocycles. The molecular weight excluding hydrogens is 426 g/mol. The molecule has 0 saturated heterocycles. The Morgan fingerprint density at radius 3 is 2.41 bits per heavy atom. The summed E-state index contributed by atoms with van der Waals surface area (Å²) in [5.41, 5.74) is -0.333. The molecule has 1 amide bonds. The highest BCUT2D eigenvalue weighted by Crippen LogP contribution is 2.31. The minimum atomic E-state index is -4.72. The standard InChI is InChI=1S/C20H14Cl2F3N3O/c21-14-6-4-12(5-7-14)8-17-26-11-13(19(28-17)20(23,24)25)9-18(29)27-16-3-1-2-15(22)10-16/h1-7,10-11H,8-9H2,(H,27,29). The molecule has 0 atom stereocenters. The van der Waals surface area contributed by atoms with Gasteiger partial charge in [0.15, 0.2) is 5.69 Å². The third kappa shape index (κ3) is 5.92. The van der Waals surface area contributed by atoms with Crippen LogP contribution in [0.3, 0.4) is 0 Å². The minimum Gasteiger partial charge on any atom is -0.326 e. The van der Waals surface area contributed by atoms with Crippen LogP contribution < -0.4 is 5.32 Å². The van der Waals surface area contributed by atoms with Crippen molar-refractivity contribution in [1.82, 2.24) is 9.97 Å². The van der Waals surface area contributed by atoms with Gasteiger partial charge in [-0.25, -0.2) is 9.97 Å². The Morgan fingerprint density at radius 1 is 1.03 bits per heavy atom. The Morgan fingerprint density at radius 2 is 1.76 bits per heavy atom. The first-order chi connectivity index (χ1) is 13.7. The summed E-state index contributed by atoms with van der Waals surface area (Å²) < 4.78 is 40.5. The van der Waals surface area contributed by atoms with E-state index in [1.165, 1.54) is 6.07 Å². The molecule has 1 heterocycles. The van der Waals surface area contributed by atoms with E-state index in [0.29, 0.717) is 21.3 Å². The first kappa shape index (κ1) is 21.1. The van der Waals surface area contributed by atoms with E-state index < -0.39 is 24.2 Å². The monoisotopic (exact) mass is 439 g/mol. The molecule has 0 radical (unpaired) electrons. The second-order valence-corrected chi connectivity index (χ2v) is 7.07. The largest absolute Gasteiger partial charge is 0.433 e. The van der Waals surface area contributed by atoms with Crippen molar-refractivity contribution in [3.63, 3.8) is 0 Å². The van der Waals surface area contributed by atoms with Gasteiger partial charge in [-0.05, 0) is 35.9 Å². The van der Waals surface area contributed by atoms with Gasteiger partial charge >= 0.3 is 6.18 Å². The molecule has 0 fully saturated rings. The maximum Gasteiger partial charge on any atom is 0.433 e. The molecule has 0 saturated carbocycles. The molecule has 0 aliphatic rings. The second kappa shape index (κ2) is 8.80. The van der Waals surface area contributed by atoms with E-state index in [2.05, 4.69) is 15.3 Å². The number of carbonyl (C=O) groups is 1. The molecule has 0 unspecified atom stereocenters. The summed E-state index contributed by atoms with van der Waals surface area (Å²) in [5, 5.41) is 3.43. The summed E-state index contributed by atoms with van der Waals surface area (Å²) in [6, 6.07) is 13.0. The normalized spacial score (nSPS) is 11.3. The third-order valence-corrected chi connectivity index (χ3v) is 4.40. The highest BCUT2D eigenvalue weighted by atomic mass is 35.5. The van der Waals surface area contributed by atoms with Crippen molar-refractivity contribution in [2.45, 2.75) is 19.0 Å². The molecule has 2 aromatic carbocycles. The van der Waals surface area contributed by atoms with Crippen LogP contribution in [0.1, 0.15) is 22.6 Å². The molecule has 3 rings (SSSR count). The van der Waals surface area contributed by atoms with Gasteiger partial charge in [0.2, 0.25) is 5.91 Å². The van der Waals surface area contributed by atoms with Crippen molar-refractivity contribution in [1.29, 1.82) is 0 Å². The van der Waals surface area contributed by atoms with Crippen LogP contribution in [0, 0.1) is 0 Å². The molecule has 1 N–H and O–H groups in total. The van der Waals surface area contributed by atoms with Crippen LogP contribution in [0.15, 0.2) is 54.7 Å². The predicted octanol–water partition coefficient (Wildman–Crippen LogP) is 5.57. The van der Waals surface area contributed by atoms with Gasteiger partial charge in [-0.1, -0.05) is 41.4 Å². The highest BCUT2D eigenvalue weighted by Gasteiger charge is 2.36. The van der Waals surface area contributed by atoms with E-state index in [1.807, 2.05) is 0 Å². The molecule has 150 valence electrons. The van der Waals surface area contributed by atoms with Crippen molar-refractivity contribution >= 4 is 34.8 Å². The van der Waals surface area contributed by atoms with E-state index in [1.54, 1.807) is 42.5 Å². The van der Waals surface area contributed by atoms with Crippen molar-refractivity contribution in [3.05, 3.63) is 87.4 Å². The van der Waals surface area contributed by atoms with Crippen LogP contribution >= 0.6 is 23.2 Å². The zero-order chi connectivity index (χ0) is 21.0. The SMILES string of the molecule is O=C(Cc1cnc(Cc2ccc(Cl)cc2)nc1C(F)(F)F)Nc1cccc(Cl)c1. The highest BCUT2D eigenvalue weighted by molar-refractivity contribution is 6.31. The molecule has 0 spiro atoms. The van der Waals surface area contributed by atoms with Gasteiger partial charge < -0.3 is 5.32 Å². The molecule has 4 nitrogen and oxygen atoms in total. The van der Waals surface area contributed by atoms with Gasteiger partial charge in [0.05, 0.1) is 6.42 Å². The summed E-state index contributed by atoms with van der Waals surface area (Å²) >= 11 is 11.6. The summed E-state index contributed by atoms with van der Waals surface area (Å²) in [4.78, 5) is 19.9. The molecular formula is C20H14Cl2F3N3O. The van der Waals surface area contributed by atoms with Gasteiger partial charge in [-0.3, -0.25) is 4.79 Å². The lowest BCUT2D eigenvalue weighted by molar-refractivity contribution is -0.142. The van der Waals surface area contributed by atoms with Crippen LogP contribution in [-0.2, 0) is 23.8 Å². The number of hydrogen-bond donors (Lipinski definition) is 1. The lowest BCUT2D eigenvalue weighted by Crippen LogP contribution is -2.20. The maximum atomic E-state index is 13.5. The Kier molecular flexibility index (Phi) is 6.39. The topological polar surface area (TPSA) is 54.9 Å². The lowest BCUT2D eigenvalue weighted by Gasteiger charge is -2.13. The smallest absolute Gasteiger partial charge is 0.326 e. The summed E-state index contributed by atoms with van der Waals surface area (Å²) in [6.07, 6.45) is -4.10. The Labute approximate surface area is 174 Å². The summed E-state index contributed by atoms with van der Waals surface area (Å²) in [7, 11) is 0. The van der Waals surface area contributed by atoms with E-state index in [0.717, 1.165) is 6.20 Å². The fourth-order valence-corrected chi connectivity index (χ4v) is 2.95. The van der Waals surface area contributed by atoms with Crippen LogP contribution in [0.2, 0.25) is 10.0 Å². The summed E-state index contributed by atoms with van der Waals surface area (Å²) in [5.74, 6) is -0.634. The Bertz CT molecular complexity index is 1020. The maximum absolute atomic E-state index is 13.5. The Balaban J connectivity index is 1.80. The van der Waals surface area contributed by atoms with Crippen LogP contribution in [0.5, 0.6) is 0 Å². The molecule has 0 aliphatic carbocycles. The van der Waals surface area contributed by atoms with Crippen molar-refractivity contribution in [2.24, 2.45) is 0 Å². The zero-order valence-electron chi connectivity index (χ0n) is 14.8. The Hall–Kier alpha value is -2.64. The number of rotatable bonds is 5. The van der Waals surface area contributed by atoms with Crippen molar-refractivity contribution < 1.29 is 18.0 Å². The number of benzene rings is 2. The van der Waals surface area contributed by atoms with E-state index >= 15 is 0 Å². The predicted molar refractivity (Wildman–Crippen MR) is 105 cm³/mol. The molecule has 0 aliphatic heterocycles. The molecule has 3 aromatic rings. The number of carbonyl (C=O) groups excluding carboxylic acids is 1. The molecule has 9 heteroatoms. The fraction of sp³-hybridized carbons (Fsp3) is 0.150. The number of alkyl halides is 3. The van der Waals surface area contributed by atoms with Crippen LogP contribution in [0.25, 0.3) is 0 Å². The minimum absolute atomic E-state index is 0.00125. The van der Waals surface area contributed by atoms with Gasteiger partial charge in [0.25, 0.3) is 0 Å². The van der Waals surface area contributed by atoms with E-state index in [9.17, 15) is 18.0 Å². The number of nitrogens with zero attached hydrogens (tertiary/aromatic N) is 2. The van der Waals surface area contributed by atoms with Crippen LogP contribution in [-0.4, -0.2) is 15.9 Å². The average Bonchev–Trinajstić information content (AvgIpc) is 2.64. The first-order valence-corrected chi connectivity index (χ1v) is 9.18. The van der Waals surface area contributed by atoms with E-state index in [-0.39, 0.29) is 17.8 Å². The number of nitrogens with one attached hydrogen (secondary N) is 1. The number of hydrogen-bond acceptors (Lipinski definition) is 3. The van der Waals surface area contributed by atoms with Crippen molar-refractivity contribution in [3.8, 4) is 0 Å². The lowest BCUT2D eigenvalue weighted by atomic mass is 10.1. The number of anilines is 1. The van der Waals surface area contributed by atoms with Gasteiger partial charge in [-0.2, -0.15) is 13.2 Å². The number of amides is 1. The molecule has 0 bridgehead atoms. The quantitative estimate of drug-likeness (QED) is 0.564. The van der Waals surface area contributed by atoms with Crippen LogP contribution in [0.4, 0.5) is 18.9 Å². The first-order valence-electron chi connectivity index (χ1n) is 8.42. The number of aromatic nitrogens is 2. The average molecular weight is 440 g/mol. The number of halogens is 5. The van der Waals surface area contributed by atoms with Gasteiger partial charge in [0.1, 0.15) is 5.82 Å². The third-order valence-electron chi connectivity index (χ3n) is 3.92. The fourth-order valence-electron chi connectivity index (χ4n) is 2.63. The summed E-state index contributed by atoms with van der Waals surface area (Å²) in [6.45, 7) is 0. The second-order valence-electron chi connectivity index (χ2n) is 6.20. The molecule has 29 heavy (non-hydrogen) atoms. The van der Waals surface area contributed by atoms with E-state index in [4.69, 9.17) is 23.2 Å². The van der Waals surface area contributed by atoms with Gasteiger partial charge in [-0.15, -0.1) is 0 Å². The van der Waals surface area contributed by atoms with Crippen molar-refractivity contribution in [2.75, 3.05) is 5.32 Å².